The van der Waals surface area contributed by atoms with Crippen molar-refractivity contribution >= 4 is 5.78 Å². The zero-order chi connectivity index (χ0) is 21.7. The zero-order valence-electron chi connectivity index (χ0n) is 17.2. The topological polar surface area (TPSA) is 112 Å². The van der Waals surface area contributed by atoms with E-state index in [1.165, 1.54) is 21.2 Å². The second-order valence-corrected chi connectivity index (χ2v) is 7.49. The van der Waals surface area contributed by atoms with Crippen LogP contribution in [0.1, 0.15) is 33.9 Å². The van der Waals surface area contributed by atoms with Crippen molar-refractivity contribution in [3.8, 4) is 23.1 Å². The molecule has 10 nitrogen and oxygen atoms in total. The maximum Gasteiger partial charge on any atom is 0.333 e. The molecule has 0 spiro atoms. The van der Waals surface area contributed by atoms with Gasteiger partial charge in [-0.3, -0.25) is 23.6 Å². The van der Waals surface area contributed by atoms with Crippen LogP contribution in [0.3, 0.4) is 0 Å². The number of aromatic nitrogens is 2. The number of nitrogens with zero attached hydrogens (tertiary/aromatic N) is 3. The molecule has 0 unspecified atom stereocenters. The molecule has 0 bridgehead atoms. The van der Waals surface area contributed by atoms with Crippen LogP contribution in [-0.2, 0) is 20.5 Å². The van der Waals surface area contributed by atoms with Crippen molar-refractivity contribution in [3.05, 3.63) is 43.6 Å². The minimum absolute atomic E-state index is 0.0828. The summed E-state index contributed by atoms with van der Waals surface area (Å²) in [4.78, 5) is 39.7. The first-order chi connectivity index (χ1) is 14.3. The van der Waals surface area contributed by atoms with Crippen molar-refractivity contribution in [2.45, 2.75) is 18.9 Å². The Bertz CT molecular complexity index is 1160. The van der Waals surface area contributed by atoms with Gasteiger partial charge in [0.25, 0.3) is 5.56 Å². The zero-order valence-corrected chi connectivity index (χ0v) is 17.2. The van der Waals surface area contributed by atoms with Gasteiger partial charge in [0.05, 0.1) is 7.11 Å². The SMILES string of the molecule is COc1c2c(cc3c1[C@@H](CC(=O)c1c(O)n(C)c(=O)n(C)c1=O)N(C)CC3)OCO2. The molecule has 1 aromatic carbocycles. The fraction of sp³-hybridized carbons (Fsp3) is 0.450. The van der Waals surface area contributed by atoms with E-state index >= 15 is 0 Å². The molecule has 1 atom stereocenters. The largest absolute Gasteiger partial charge is 0.494 e. The van der Waals surface area contributed by atoms with E-state index in [1.807, 2.05) is 18.0 Å². The lowest BCUT2D eigenvalue weighted by molar-refractivity contribution is 0.0918. The molecule has 30 heavy (non-hydrogen) atoms. The summed E-state index contributed by atoms with van der Waals surface area (Å²) in [5.41, 5.74) is -0.157. The van der Waals surface area contributed by atoms with Gasteiger partial charge in [0.15, 0.2) is 17.3 Å². The molecule has 0 fully saturated rings. The van der Waals surface area contributed by atoms with Gasteiger partial charge in [0, 0.05) is 38.7 Å². The van der Waals surface area contributed by atoms with E-state index in [-0.39, 0.29) is 13.2 Å². The number of carbonyl (C=O) groups excluding carboxylic acids is 1. The Balaban J connectivity index is 1.80. The number of hydrogen-bond donors (Lipinski definition) is 1. The van der Waals surface area contributed by atoms with Crippen LogP contribution in [0.15, 0.2) is 15.7 Å². The van der Waals surface area contributed by atoms with Crippen LogP contribution in [-0.4, -0.2) is 52.4 Å². The molecule has 2 aliphatic rings. The summed E-state index contributed by atoms with van der Waals surface area (Å²) >= 11 is 0. The number of Topliss-reactive ketones (excluding diaryl/α,β-unsaturated/α-hetero) is 1. The number of carbonyl (C=O) groups is 1. The average molecular weight is 417 g/mol. The molecule has 0 amide bonds. The Morgan fingerprint density at radius 3 is 2.67 bits per heavy atom. The predicted octanol–water partition coefficient (Wildman–Crippen LogP) is 0.329. The van der Waals surface area contributed by atoms with Crippen molar-refractivity contribution in [2.75, 3.05) is 27.5 Å². The van der Waals surface area contributed by atoms with Gasteiger partial charge in [-0.05, 0) is 25.1 Å². The molecule has 0 aliphatic carbocycles. The first-order valence-corrected chi connectivity index (χ1v) is 9.48. The summed E-state index contributed by atoms with van der Waals surface area (Å²) in [5, 5.41) is 10.3. The quantitative estimate of drug-likeness (QED) is 0.709. The van der Waals surface area contributed by atoms with Gasteiger partial charge in [0.1, 0.15) is 5.56 Å². The minimum Gasteiger partial charge on any atom is -0.494 e. The lowest BCUT2D eigenvalue weighted by atomic mass is 9.87. The molecular weight excluding hydrogens is 394 g/mol. The van der Waals surface area contributed by atoms with E-state index < -0.39 is 34.5 Å². The van der Waals surface area contributed by atoms with Crippen LogP contribution in [0.2, 0.25) is 0 Å². The van der Waals surface area contributed by atoms with Crippen LogP contribution in [0.4, 0.5) is 0 Å². The molecule has 1 aromatic heterocycles. The Labute approximate surface area is 171 Å². The molecule has 0 saturated carbocycles. The van der Waals surface area contributed by atoms with Crippen molar-refractivity contribution < 1.29 is 24.1 Å². The smallest absolute Gasteiger partial charge is 0.333 e. The summed E-state index contributed by atoms with van der Waals surface area (Å²) < 4.78 is 18.4. The number of ketones is 1. The third-order valence-electron chi connectivity index (χ3n) is 5.84. The van der Waals surface area contributed by atoms with Gasteiger partial charge in [0.2, 0.25) is 18.4 Å². The Morgan fingerprint density at radius 2 is 1.97 bits per heavy atom. The van der Waals surface area contributed by atoms with Crippen molar-refractivity contribution in [1.82, 2.24) is 14.0 Å². The maximum atomic E-state index is 13.1. The van der Waals surface area contributed by atoms with Gasteiger partial charge in [-0.25, -0.2) is 4.79 Å². The summed E-state index contributed by atoms with van der Waals surface area (Å²) in [5.74, 6) is 0.397. The van der Waals surface area contributed by atoms with E-state index in [0.29, 0.717) is 23.8 Å². The first kappa shape index (κ1) is 20.0. The normalized spacial score (nSPS) is 17.7. The number of fused-ring (bicyclic) bond motifs is 2. The predicted molar refractivity (Wildman–Crippen MR) is 106 cm³/mol. The fourth-order valence-electron chi connectivity index (χ4n) is 4.14. The number of benzene rings is 1. The number of likely N-dealkylation sites (N-methyl/N-ethyl adjacent to an activating group) is 1. The van der Waals surface area contributed by atoms with Gasteiger partial charge in [-0.1, -0.05) is 0 Å². The molecule has 10 heteroatoms. The van der Waals surface area contributed by atoms with Crippen LogP contribution in [0, 0.1) is 0 Å². The summed E-state index contributed by atoms with van der Waals surface area (Å²) in [6, 6.07) is 1.49. The standard InChI is InChI=1S/C20H23N3O7/c1-21-6-5-10-7-13-16(30-9-29-13)17(28-4)14(10)11(21)8-12(24)15-18(25)22(2)20(27)23(3)19(15)26/h7,11,25H,5-6,8-9H2,1-4H3/t11-/m1/s1. The van der Waals surface area contributed by atoms with E-state index in [4.69, 9.17) is 14.2 Å². The van der Waals surface area contributed by atoms with Crippen molar-refractivity contribution in [3.63, 3.8) is 0 Å². The lowest BCUT2D eigenvalue weighted by Crippen LogP contribution is -2.41. The third kappa shape index (κ3) is 2.86. The van der Waals surface area contributed by atoms with Crippen molar-refractivity contribution in [2.24, 2.45) is 14.1 Å². The van der Waals surface area contributed by atoms with Crippen LogP contribution in [0.25, 0.3) is 0 Å². The third-order valence-corrected chi connectivity index (χ3v) is 5.84. The Kier molecular flexibility index (Phi) is 4.81. The lowest BCUT2D eigenvalue weighted by Gasteiger charge is -2.35. The molecule has 160 valence electrons. The monoisotopic (exact) mass is 417 g/mol. The minimum atomic E-state index is -0.822. The number of aromatic hydroxyl groups is 1. The molecule has 4 rings (SSSR count). The molecular formula is C20H23N3O7. The highest BCUT2D eigenvalue weighted by atomic mass is 16.7. The molecule has 3 heterocycles. The number of hydrogen-bond acceptors (Lipinski definition) is 8. The van der Waals surface area contributed by atoms with Crippen LogP contribution in [0.5, 0.6) is 23.1 Å². The highest BCUT2D eigenvalue weighted by Crippen LogP contribution is 2.50. The number of rotatable bonds is 4. The van der Waals surface area contributed by atoms with E-state index in [0.717, 1.165) is 26.7 Å². The van der Waals surface area contributed by atoms with Crippen LogP contribution >= 0.6 is 0 Å². The highest BCUT2D eigenvalue weighted by Gasteiger charge is 2.36. The van der Waals surface area contributed by atoms with Gasteiger partial charge >= 0.3 is 5.69 Å². The number of methoxy groups -OCH3 is 1. The Morgan fingerprint density at radius 1 is 1.23 bits per heavy atom. The van der Waals surface area contributed by atoms with Crippen LogP contribution < -0.4 is 25.5 Å². The average Bonchev–Trinajstić information content (AvgIpc) is 3.19. The molecule has 1 N–H and O–H groups in total. The molecule has 2 aliphatic heterocycles. The summed E-state index contributed by atoms with van der Waals surface area (Å²) in [7, 11) is 5.98. The summed E-state index contributed by atoms with van der Waals surface area (Å²) in [6.07, 6.45) is 0.650. The Hall–Kier alpha value is -3.27. The van der Waals surface area contributed by atoms with E-state index in [2.05, 4.69) is 0 Å². The molecule has 2 aromatic rings. The molecule has 0 radical (unpaired) electrons. The van der Waals surface area contributed by atoms with Gasteiger partial charge in [-0.15, -0.1) is 0 Å². The maximum absolute atomic E-state index is 13.1. The second-order valence-electron chi connectivity index (χ2n) is 7.49. The van der Waals surface area contributed by atoms with Gasteiger partial charge < -0.3 is 19.3 Å². The summed E-state index contributed by atoms with van der Waals surface area (Å²) in [6.45, 7) is 0.779. The fourth-order valence-corrected chi connectivity index (χ4v) is 4.14. The first-order valence-electron chi connectivity index (χ1n) is 9.48. The highest BCUT2D eigenvalue weighted by molar-refractivity contribution is 5.98. The second kappa shape index (κ2) is 7.21. The van der Waals surface area contributed by atoms with E-state index in [1.54, 1.807) is 0 Å². The van der Waals surface area contributed by atoms with E-state index in [9.17, 15) is 19.5 Å². The van der Waals surface area contributed by atoms with Gasteiger partial charge in [-0.2, -0.15) is 0 Å². The molecule has 0 saturated heterocycles. The van der Waals surface area contributed by atoms with Crippen molar-refractivity contribution in [1.29, 1.82) is 0 Å². The number of ether oxygens (including phenoxy) is 3.